The average Bonchev–Trinajstić information content (AvgIpc) is 2.66. The van der Waals surface area contributed by atoms with Crippen molar-refractivity contribution in [1.82, 2.24) is 0 Å². The van der Waals surface area contributed by atoms with Crippen LogP contribution in [0.1, 0.15) is 22.9 Å². The van der Waals surface area contributed by atoms with Gasteiger partial charge in [0.1, 0.15) is 11.4 Å². The number of phenolic OH excluding ortho intramolecular Hbond substituents is 1. The van der Waals surface area contributed by atoms with E-state index in [1.165, 1.54) is 0 Å². The highest BCUT2D eigenvalue weighted by molar-refractivity contribution is 7.10. The van der Waals surface area contributed by atoms with Crippen LogP contribution >= 0.6 is 11.3 Å². The first kappa shape index (κ1) is 11.2. The molecule has 1 unspecified atom stereocenters. The van der Waals surface area contributed by atoms with Crippen molar-refractivity contribution in [1.29, 1.82) is 0 Å². The fraction of sp³-hybridized carbons (Fsp3) is 0.231. The third-order valence-electron chi connectivity index (χ3n) is 2.81. The first-order chi connectivity index (χ1) is 7.51. The summed E-state index contributed by atoms with van der Waals surface area (Å²) in [7, 11) is 0. The number of benzene rings is 1. The van der Waals surface area contributed by atoms with Crippen LogP contribution in [0.3, 0.4) is 0 Å². The van der Waals surface area contributed by atoms with Gasteiger partial charge in [-0.3, -0.25) is 0 Å². The van der Waals surface area contributed by atoms with E-state index in [-0.39, 0.29) is 5.75 Å². The van der Waals surface area contributed by atoms with Crippen LogP contribution < -0.4 is 0 Å². The van der Waals surface area contributed by atoms with E-state index >= 15 is 0 Å². The second-order valence-corrected chi connectivity index (χ2v) is 5.13. The number of thiophene rings is 1. The molecule has 2 nitrogen and oxygen atoms in total. The fourth-order valence-electron chi connectivity index (χ4n) is 1.83. The zero-order valence-corrected chi connectivity index (χ0v) is 10.1. The number of aliphatic hydroxyl groups is 1. The predicted octanol–water partition coefficient (Wildman–Crippen LogP) is 3.02. The van der Waals surface area contributed by atoms with Gasteiger partial charge in [-0.15, -0.1) is 11.3 Å². The van der Waals surface area contributed by atoms with E-state index in [0.29, 0.717) is 0 Å². The van der Waals surface area contributed by atoms with Gasteiger partial charge in [0.05, 0.1) is 0 Å². The Balaban J connectivity index is 2.46. The molecule has 2 rings (SSSR count). The molecule has 0 aliphatic heterocycles. The van der Waals surface area contributed by atoms with E-state index in [4.69, 9.17) is 0 Å². The van der Waals surface area contributed by atoms with Gasteiger partial charge in [-0.2, -0.15) is 0 Å². The van der Waals surface area contributed by atoms with Gasteiger partial charge >= 0.3 is 0 Å². The molecule has 0 amide bonds. The number of rotatable bonds is 2. The SMILES string of the molecule is Cc1sccc1C(C)(O)c1ccc(O)cc1. The molecule has 2 N–H and O–H groups in total. The first-order valence-corrected chi connectivity index (χ1v) is 5.96. The summed E-state index contributed by atoms with van der Waals surface area (Å²) in [5.41, 5.74) is 0.701. The van der Waals surface area contributed by atoms with Crippen LogP contribution in [0.4, 0.5) is 0 Å². The Morgan fingerprint density at radius 2 is 1.75 bits per heavy atom. The Morgan fingerprint density at radius 1 is 1.12 bits per heavy atom. The van der Waals surface area contributed by atoms with Gasteiger partial charge in [0.25, 0.3) is 0 Å². The molecule has 0 spiro atoms. The summed E-state index contributed by atoms with van der Waals surface area (Å²) >= 11 is 1.62. The van der Waals surface area contributed by atoms with Crippen LogP contribution in [0.15, 0.2) is 35.7 Å². The van der Waals surface area contributed by atoms with Gasteiger partial charge in [0.2, 0.25) is 0 Å². The van der Waals surface area contributed by atoms with Gasteiger partial charge in [-0.1, -0.05) is 12.1 Å². The van der Waals surface area contributed by atoms with Crippen LogP contribution in [-0.2, 0) is 5.60 Å². The molecular formula is C13H14O2S. The molecule has 1 heterocycles. The molecule has 84 valence electrons. The molecule has 0 fully saturated rings. The monoisotopic (exact) mass is 234 g/mol. The number of aryl methyl sites for hydroxylation is 1. The summed E-state index contributed by atoms with van der Waals surface area (Å²) in [6.45, 7) is 3.77. The van der Waals surface area contributed by atoms with Gasteiger partial charge in [0.15, 0.2) is 0 Å². The third kappa shape index (κ3) is 1.84. The van der Waals surface area contributed by atoms with Crippen LogP contribution in [-0.4, -0.2) is 10.2 Å². The highest BCUT2D eigenvalue weighted by Gasteiger charge is 2.27. The molecule has 0 saturated heterocycles. The molecule has 1 atom stereocenters. The Labute approximate surface area is 98.8 Å². The van der Waals surface area contributed by atoms with E-state index in [1.54, 1.807) is 42.5 Å². The van der Waals surface area contributed by atoms with Crippen molar-refractivity contribution < 1.29 is 10.2 Å². The minimum Gasteiger partial charge on any atom is -0.508 e. The van der Waals surface area contributed by atoms with Crippen LogP contribution in [0.2, 0.25) is 0 Å². The zero-order valence-electron chi connectivity index (χ0n) is 9.27. The Morgan fingerprint density at radius 3 is 2.25 bits per heavy atom. The summed E-state index contributed by atoms with van der Waals surface area (Å²) in [5.74, 6) is 0.210. The lowest BCUT2D eigenvalue weighted by molar-refractivity contribution is 0.102. The summed E-state index contributed by atoms with van der Waals surface area (Å²) in [5, 5.41) is 21.7. The van der Waals surface area contributed by atoms with Crippen molar-refractivity contribution in [2.75, 3.05) is 0 Å². The lowest BCUT2D eigenvalue weighted by Crippen LogP contribution is -2.22. The molecular weight excluding hydrogens is 220 g/mol. The molecule has 1 aromatic heterocycles. The Kier molecular flexibility index (Phi) is 2.74. The quantitative estimate of drug-likeness (QED) is 0.838. The maximum Gasteiger partial charge on any atom is 0.115 e. The topological polar surface area (TPSA) is 40.5 Å². The summed E-state index contributed by atoms with van der Waals surface area (Å²) in [4.78, 5) is 1.11. The largest absolute Gasteiger partial charge is 0.508 e. The van der Waals surface area contributed by atoms with Crippen LogP contribution in [0, 0.1) is 6.92 Å². The van der Waals surface area contributed by atoms with Crippen molar-refractivity contribution in [3.8, 4) is 5.75 Å². The maximum atomic E-state index is 10.5. The van der Waals surface area contributed by atoms with Crippen molar-refractivity contribution in [2.24, 2.45) is 0 Å². The summed E-state index contributed by atoms with van der Waals surface area (Å²) < 4.78 is 0. The standard InChI is InChI=1S/C13H14O2S/c1-9-12(7-8-16-9)13(2,15)10-3-5-11(14)6-4-10/h3-8,14-15H,1-2H3. The highest BCUT2D eigenvalue weighted by Crippen LogP contribution is 2.34. The second kappa shape index (κ2) is 3.92. The van der Waals surface area contributed by atoms with E-state index in [0.717, 1.165) is 16.0 Å². The molecule has 2 aromatic rings. The van der Waals surface area contributed by atoms with Crippen LogP contribution in [0.25, 0.3) is 0 Å². The number of hydrogen-bond acceptors (Lipinski definition) is 3. The van der Waals surface area contributed by atoms with Gasteiger partial charge in [-0.25, -0.2) is 0 Å². The minimum absolute atomic E-state index is 0.210. The van der Waals surface area contributed by atoms with E-state index in [1.807, 2.05) is 18.4 Å². The Hall–Kier alpha value is -1.32. The molecule has 0 bridgehead atoms. The first-order valence-electron chi connectivity index (χ1n) is 5.08. The molecule has 0 saturated carbocycles. The van der Waals surface area contributed by atoms with E-state index < -0.39 is 5.60 Å². The van der Waals surface area contributed by atoms with Crippen LogP contribution in [0.5, 0.6) is 5.75 Å². The minimum atomic E-state index is -1.00. The number of aromatic hydroxyl groups is 1. The third-order valence-corrected chi connectivity index (χ3v) is 3.66. The van der Waals surface area contributed by atoms with Crippen molar-refractivity contribution in [3.63, 3.8) is 0 Å². The number of phenols is 1. The summed E-state index contributed by atoms with van der Waals surface area (Å²) in [6.07, 6.45) is 0. The van der Waals surface area contributed by atoms with Gasteiger partial charge in [-0.05, 0) is 43.0 Å². The summed E-state index contributed by atoms with van der Waals surface area (Å²) in [6, 6.07) is 8.60. The lowest BCUT2D eigenvalue weighted by Gasteiger charge is -2.24. The maximum absolute atomic E-state index is 10.5. The normalized spacial score (nSPS) is 14.7. The molecule has 3 heteroatoms. The second-order valence-electron chi connectivity index (χ2n) is 4.01. The molecule has 16 heavy (non-hydrogen) atoms. The van der Waals surface area contributed by atoms with Crippen molar-refractivity contribution in [3.05, 3.63) is 51.7 Å². The predicted molar refractivity (Wildman–Crippen MR) is 65.8 cm³/mol. The van der Waals surface area contributed by atoms with Crippen molar-refractivity contribution >= 4 is 11.3 Å². The average molecular weight is 234 g/mol. The molecule has 0 radical (unpaired) electrons. The van der Waals surface area contributed by atoms with E-state index in [2.05, 4.69) is 0 Å². The van der Waals surface area contributed by atoms with Crippen molar-refractivity contribution in [2.45, 2.75) is 19.4 Å². The molecule has 0 aliphatic carbocycles. The van der Waals surface area contributed by atoms with Gasteiger partial charge < -0.3 is 10.2 Å². The smallest absolute Gasteiger partial charge is 0.115 e. The zero-order chi connectivity index (χ0) is 11.8. The molecule has 0 aliphatic rings. The lowest BCUT2D eigenvalue weighted by atomic mass is 9.89. The number of hydrogen-bond donors (Lipinski definition) is 2. The highest BCUT2D eigenvalue weighted by atomic mass is 32.1. The van der Waals surface area contributed by atoms with E-state index in [9.17, 15) is 10.2 Å². The Bertz CT molecular complexity index is 483. The molecule has 1 aromatic carbocycles. The fourth-order valence-corrected chi connectivity index (χ4v) is 2.63. The van der Waals surface area contributed by atoms with Gasteiger partial charge in [0, 0.05) is 10.4 Å².